The molecule has 1 saturated heterocycles. The van der Waals surface area contributed by atoms with Gasteiger partial charge in [0.1, 0.15) is 0 Å². The lowest BCUT2D eigenvalue weighted by Crippen LogP contribution is -2.52. The summed E-state index contributed by atoms with van der Waals surface area (Å²) in [5.41, 5.74) is 2.28. The maximum Gasteiger partial charge on any atom is 0.234 e. The molecule has 2 N–H and O–H groups in total. The van der Waals surface area contributed by atoms with Crippen LogP contribution in [0.2, 0.25) is 0 Å². The quantitative estimate of drug-likeness (QED) is 0.700. The Kier molecular flexibility index (Phi) is 9.95. The summed E-state index contributed by atoms with van der Waals surface area (Å²) >= 11 is 0. The molecule has 0 aliphatic carbocycles. The Morgan fingerprint density at radius 1 is 1.38 bits per heavy atom. The molecule has 1 aromatic rings. The number of hydrogen-bond donors (Lipinski definition) is 2. The molecule has 24 heavy (non-hydrogen) atoms. The molecule has 1 amide bonds. The van der Waals surface area contributed by atoms with E-state index in [-0.39, 0.29) is 18.3 Å². The Morgan fingerprint density at radius 2 is 2.12 bits per heavy atom. The van der Waals surface area contributed by atoms with Crippen LogP contribution in [0.4, 0.5) is 0 Å². The lowest BCUT2D eigenvalue weighted by Gasteiger charge is -2.33. The summed E-state index contributed by atoms with van der Waals surface area (Å²) in [5.74, 6) is 0.0861. The van der Waals surface area contributed by atoms with Crippen LogP contribution >= 0.6 is 12.4 Å². The van der Waals surface area contributed by atoms with Crippen LogP contribution in [0.25, 0.3) is 0 Å². The Morgan fingerprint density at radius 3 is 2.83 bits per heavy atom. The van der Waals surface area contributed by atoms with Gasteiger partial charge in [0, 0.05) is 38.8 Å². The summed E-state index contributed by atoms with van der Waals surface area (Å²) in [5, 5.41) is 6.38. The summed E-state index contributed by atoms with van der Waals surface area (Å²) in [6.45, 7) is 9.48. The van der Waals surface area contributed by atoms with Gasteiger partial charge in [0.15, 0.2) is 0 Å². The first-order chi connectivity index (χ1) is 11.2. The second-order valence-electron chi connectivity index (χ2n) is 6.12. The highest BCUT2D eigenvalue weighted by atomic mass is 35.5. The molecule has 1 fully saturated rings. The summed E-state index contributed by atoms with van der Waals surface area (Å²) in [4.78, 5) is 14.4. The third kappa shape index (κ3) is 6.77. The predicted octanol–water partition coefficient (Wildman–Crippen LogP) is 1.94. The van der Waals surface area contributed by atoms with Gasteiger partial charge in [-0.1, -0.05) is 31.2 Å². The van der Waals surface area contributed by atoms with Gasteiger partial charge in [-0.2, -0.15) is 0 Å². The molecule has 1 aliphatic heterocycles. The van der Waals surface area contributed by atoms with E-state index < -0.39 is 0 Å². The van der Waals surface area contributed by atoms with Crippen molar-refractivity contribution in [3.05, 3.63) is 35.4 Å². The molecule has 0 radical (unpaired) electrons. The van der Waals surface area contributed by atoms with Crippen molar-refractivity contribution >= 4 is 18.3 Å². The molecule has 0 saturated carbocycles. The Hall–Kier alpha value is -1.14. The van der Waals surface area contributed by atoms with Crippen molar-refractivity contribution in [2.24, 2.45) is 0 Å². The summed E-state index contributed by atoms with van der Waals surface area (Å²) in [6.07, 6.45) is 1.02. The zero-order valence-electron chi connectivity index (χ0n) is 14.7. The first-order valence-electron chi connectivity index (χ1n) is 8.56. The van der Waals surface area contributed by atoms with Crippen LogP contribution in [0.5, 0.6) is 0 Å². The molecule has 5 nitrogen and oxygen atoms in total. The summed E-state index contributed by atoms with van der Waals surface area (Å²) < 4.78 is 5.62. The maximum atomic E-state index is 12.2. The van der Waals surface area contributed by atoms with Gasteiger partial charge in [0.25, 0.3) is 0 Å². The van der Waals surface area contributed by atoms with Crippen molar-refractivity contribution in [1.82, 2.24) is 15.5 Å². The van der Waals surface area contributed by atoms with Crippen LogP contribution in [-0.4, -0.2) is 49.6 Å². The number of nitrogens with one attached hydrogen (secondary N) is 2. The van der Waals surface area contributed by atoms with E-state index in [2.05, 4.69) is 41.5 Å². The van der Waals surface area contributed by atoms with Crippen molar-refractivity contribution in [3.8, 4) is 0 Å². The van der Waals surface area contributed by atoms with Crippen molar-refractivity contribution in [1.29, 1.82) is 0 Å². The first kappa shape index (κ1) is 20.9. The SMILES string of the molecule is CCCOCc1ccccc1CNC(=O)CN1CCNC[C@@H]1C.Cl. The highest BCUT2D eigenvalue weighted by molar-refractivity contribution is 5.85. The molecule has 2 rings (SSSR count). The Balaban J connectivity index is 0.00000288. The van der Waals surface area contributed by atoms with Gasteiger partial charge in [0.2, 0.25) is 5.91 Å². The van der Waals surface area contributed by atoms with Crippen LogP contribution in [0, 0.1) is 0 Å². The minimum atomic E-state index is 0. The molecule has 0 unspecified atom stereocenters. The van der Waals surface area contributed by atoms with E-state index in [1.807, 2.05) is 12.1 Å². The number of benzene rings is 1. The van der Waals surface area contributed by atoms with Crippen LogP contribution in [0.15, 0.2) is 24.3 Å². The van der Waals surface area contributed by atoms with Crippen molar-refractivity contribution in [2.45, 2.75) is 39.5 Å². The lowest BCUT2D eigenvalue weighted by molar-refractivity contribution is -0.123. The third-order valence-electron chi connectivity index (χ3n) is 4.19. The molecule has 0 bridgehead atoms. The lowest BCUT2D eigenvalue weighted by atomic mass is 10.1. The number of nitrogens with zero attached hydrogens (tertiary/aromatic N) is 1. The van der Waals surface area contributed by atoms with E-state index in [1.165, 1.54) is 0 Å². The van der Waals surface area contributed by atoms with Gasteiger partial charge >= 0.3 is 0 Å². The molecule has 1 aliphatic rings. The highest BCUT2D eigenvalue weighted by Crippen LogP contribution is 2.10. The molecule has 1 atom stereocenters. The van der Waals surface area contributed by atoms with Crippen molar-refractivity contribution in [2.75, 3.05) is 32.8 Å². The molecule has 6 heteroatoms. The number of ether oxygens (including phenoxy) is 1. The van der Waals surface area contributed by atoms with E-state index in [0.29, 0.717) is 25.7 Å². The topological polar surface area (TPSA) is 53.6 Å². The monoisotopic (exact) mass is 355 g/mol. The number of halogens is 1. The maximum absolute atomic E-state index is 12.2. The fraction of sp³-hybridized carbons (Fsp3) is 0.611. The smallest absolute Gasteiger partial charge is 0.234 e. The van der Waals surface area contributed by atoms with E-state index in [1.54, 1.807) is 0 Å². The highest BCUT2D eigenvalue weighted by Gasteiger charge is 2.20. The molecule has 1 aromatic carbocycles. The predicted molar refractivity (Wildman–Crippen MR) is 99.4 cm³/mol. The van der Waals surface area contributed by atoms with Crippen LogP contribution in [0.3, 0.4) is 0 Å². The third-order valence-corrected chi connectivity index (χ3v) is 4.19. The van der Waals surface area contributed by atoms with Crippen LogP contribution in [-0.2, 0) is 22.7 Å². The number of carbonyl (C=O) groups is 1. The molecule has 0 spiro atoms. The van der Waals surface area contributed by atoms with Crippen LogP contribution < -0.4 is 10.6 Å². The number of carbonyl (C=O) groups excluding carboxylic acids is 1. The zero-order valence-corrected chi connectivity index (χ0v) is 15.5. The standard InChI is InChI=1S/C18H29N3O2.ClH/c1-3-10-23-14-17-7-5-4-6-16(17)12-20-18(22)13-21-9-8-19-11-15(21)2;/h4-7,15,19H,3,8-14H2,1-2H3,(H,20,22);1H/t15-;/m0./s1. The second-order valence-corrected chi connectivity index (χ2v) is 6.12. The van der Waals surface area contributed by atoms with Gasteiger partial charge in [0.05, 0.1) is 13.2 Å². The zero-order chi connectivity index (χ0) is 16.5. The Bertz CT molecular complexity index is 499. The molecule has 0 aromatic heterocycles. The van der Waals surface area contributed by atoms with Gasteiger partial charge in [-0.05, 0) is 24.5 Å². The van der Waals surface area contributed by atoms with Gasteiger partial charge < -0.3 is 15.4 Å². The van der Waals surface area contributed by atoms with Gasteiger partial charge in [-0.25, -0.2) is 0 Å². The molecule has 1 heterocycles. The minimum Gasteiger partial charge on any atom is -0.377 e. The largest absolute Gasteiger partial charge is 0.377 e. The average Bonchev–Trinajstić information content (AvgIpc) is 2.56. The second kappa shape index (κ2) is 11.4. The first-order valence-corrected chi connectivity index (χ1v) is 8.56. The van der Waals surface area contributed by atoms with Crippen molar-refractivity contribution < 1.29 is 9.53 Å². The van der Waals surface area contributed by atoms with E-state index in [9.17, 15) is 4.79 Å². The molecular formula is C18H30ClN3O2. The number of piperazine rings is 1. The number of hydrogen-bond acceptors (Lipinski definition) is 4. The fourth-order valence-electron chi connectivity index (χ4n) is 2.75. The fourth-order valence-corrected chi connectivity index (χ4v) is 2.75. The normalized spacial score (nSPS) is 18.0. The Labute approximate surface area is 151 Å². The van der Waals surface area contributed by atoms with Crippen LogP contribution in [0.1, 0.15) is 31.4 Å². The average molecular weight is 356 g/mol. The molecule has 136 valence electrons. The summed E-state index contributed by atoms with van der Waals surface area (Å²) in [7, 11) is 0. The van der Waals surface area contributed by atoms with Gasteiger partial charge in [-0.3, -0.25) is 9.69 Å². The number of amides is 1. The number of rotatable bonds is 8. The summed E-state index contributed by atoms with van der Waals surface area (Å²) in [6, 6.07) is 8.54. The van der Waals surface area contributed by atoms with Gasteiger partial charge in [-0.15, -0.1) is 12.4 Å². The van der Waals surface area contributed by atoms with E-state index in [0.717, 1.165) is 43.8 Å². The van der Waals surface area contributed by atoms with Crippen molar-refractivity contribution in [3.63, 3.8) is 0 Å². The molecular weight excluding hydrogens is 326 g/mol. The van der Waals surface area contributed by atoms with E-state index >= 15 is 0 Å². The van der Waals surface area contributed by atoms with E-state index in [4.69, 9.17) is 4.74 Å². The minimum absolute atomic E-state index is 0.